The van der Waals surface area contributed by atoms with Crippen LogP contribution >= 0.6 is 0 Å². The number of ketones is 2. The van der Waals surface area contributed by atoms with Crippen LogP contribution in [0.4, 0.5) is 5.69 Å². The lowest BCUT2D eigenvalue weighted by Gasteiger charge is -2.24. The number of benzene rings is 1. The molecule has 1 aromatic rings. The predicted octanol–water partition coefficient (Wildman–Crippen LogP) is 4.72. The Hall–Kier alpha value is -2.62. The summed E-state index contributed by atoms with van der Waals surface area (Å²) < 4.78 is 0. The number of para-hydroxylation sites is 1. The number of hydrogen-bond donors (Lipinski definition) is 2. The number of aliphatic hydroxyl groups excluding tert-OH is 1. The Kier molecular flexibility index (Phi) is 5.97. The molecule has 0 heterocycles. The summed E-state index contributed by atoms with van der Waals surface area (Å²) in [4.78, 5) is 24.8. The van der Waals surface area contributed by atoms with Crippen molar-refractivity contribution >= 4 is 17.3 Å². The molecule has 0 fully saturated rings. The first-order valence-electron chi connectivity index (χ1n) is 8.51. The molecule has 2 rings (SSSR count). The minimum absolute atomic E-state index is 0.115. The number of carbonyl (C=O) groups excluding carboxylic acids is 2. The molecule has 1 aromatic carbocycles. The highest BCUT2D eigenvalue weighted by molar-refractivity contribution is 6.50. The molecule has 132 valence electrons. The zero-order valence-electron chi connectivity index (χ0n) is 15.2. The fourth-order valence-electron chi connectivity index (χ4n) is 2.87. The zero-order valence-corrected chi connectivity index (χ0v) is 15.2. The molecule has 0 radical (unpaired) electrons. The van der Waals surface area contributed by atoms with Gasteiger partial charge in [0.15, 0.2) is 0 Å². The molecule has 0 saturated carbocycles. The van der Waals surface area contributed by atoms with Crippen molar-refractivity contribution in [3.63, 3.8) is 0 Å². The normalized spacial score (nSPS) is 16.2. The standard InChI is InChI=1S/C21H25NO3/c1-13(2)9-8-10-14(3)17-20(24)18(15(4)19(23)21(17)25)22-16-11-6-5-7-12-16/h5-7,9,11-12,14,22,24H,8,10H2,1-4H3. The number of carbonyl (C=O) groups is 2. The van der Waals surface area contributed by atoms with Crippen LogP contribution in [0.5, 0.6) is 0 Å². The molecule has 0 bridgehead atoms. The fourth-order valence-corrected chi connectivity index (χ4v) is 2.87. The molecule has 2 N–H and O–H groups in total. The number of rotatable bonds is 6. The van der Waals surface area contributed by atoms with E-state index in [9.17, 15) is 14.7 Å². The van der Waals surface area contributed by atoms with Crippen molar-refractivity contribution in [2.24, 2.45) is 5.92 Å². The predicted molar refractivity (Wildman–Crippen MR) is 100 cm³/mol. The maximum Gasteiger partial charge on any atom is 0.233 e. The van der Waals surface area contributed by atoms with E-state index in [0.29, 0.717) is 12.1 Å². The molecule has 0 aromatic heterocycles. The summed E-state index contributed by atoms with van der Waals surface area (Å²) in [6, 6.07) is 9.28. The summed E-state index contributed by atoms with van der Waals surface area (Å²) >= 11 is 0. The van der Waals surface area contributed by atoms with Crippen molar-refractivity contribution < 1.29 is 14.7 Å². The monoisotopic (exact) mass is 339 g/mol. The van der Waals surface area contributed by atoms with Gasteiger partial charge >= 0.3 is 0 Å². The van der Waals surface area contributed by atoms with E-state index in [1.807, 2.05) is 51.1 Å². The smallest absolute Gasteiger partial charge is 0.233 e. The van der Waals surface area contributed by atoms with Crippen molar-refractivity contribution in [2.75, 3.05) is 5.32 Å². The molecule has 25 heavy (non-hydrogen) atoms. The lowest BCUT2D eigenvalue weighted by Crippen LogP contribution is -2.30. The molecule has 0 amide bonds. The molecule has 0 spiro atoms. The Morgan fingerprint density at radius 3 is 2.40 bits per heavy atom. The highest BCUT2D eigenvalue weighted by Gasteiger charge is 2.35. The van der Waals surface area contributed by atoms with Crippen LogP contribution < -0.4 is 5.32 Å². The Morgan fingerprint density at radius 1 is 1.16 bits per heavy atom. The molecule has 0 aliphatic heterocycles. The van der Waals surface area contributed by atoms with Gasteiger partial charge in [0.1, 0.15) is 5.76 Å². The van der Waals surface area contributed by atoms with Gasteiger partial charge < -0.3 is 10.4 Å². The number of nitrogens with one attached hydrogen (secondary N) is 1. The van der Waals surface area contributed by atoms with Crippen LogP contribution in [0.2, 0.25) is 0 Å². The highest BCUT2D eigenvalue weighted by Crippen LogP contribution is 2.31. The number of aliphatic hydroxyl groups is 1. The summed E-state index contributed by atoms with van der Waals surface area (Å²) in [5, 5.41) is 13.8. The molecule has 1 aliphatic rings. The summed E-state index contributed by atoms with van der Waals surface area (Å²) in [5.74, 6) is -1.47. The van der Waals surface area contributed by atoms with E-state index in [1.54, 1.807) is 6.92 Å². The van der Waals surface area contributed by atoms with Gasteiger partial charge in [0.05, 0.1) is 11.3 Å². The van der Waals surface area contributed by atoms with Crippen molar-refractivity contribution in [2.45, 2.75) is 40.5 Å². The van der Waals surface area contributed by atoms with Crippen LogP contribution in [0.25, 0.3) is 0 Å². The molecule has 1 atom stereocenters. The third-order valence-corrected chi connectivity index (χ3v) is 4.35. The average molecular weight is 339 g/mol. The van der Waals surface area contributed by atoms with Gasteiger partial charge in [-0.3, -0.25) is 9.59 Å². The lowest BCUT2D eigenvalue weighted by molar-refractivity contribution is -0.132. The summed E-state index contributed by atoms with van der Waals surface area (Å²) in [6.07, 6.45) is 3.58. The van der Waals surface area contributed by atoms with E-state index < -0.39 is 11.6 Å². The van der Waals surface area contributed by atoms with E-state index in [2.05, 4.69) is 11.4 Å². The molecule has 4 nitrogen and oxygen atoms in total. The Morgan fingerprint density at radius 2 is 1.80 bits per heavy atom. The minimum Gasteiger partial charge on any atom is -0.505 e. The van der Waals surface area contributed by atoms with Gasteiger partial charge in [-0.25, -0.2) is 0 Å². The second kappa shape index (κ2) is 7.97. The number of allylic oxidation sites excluding steroid dienone is 4. The van der Waals surface area contributed by atoms with Gasteiger partial charge in [-0.15, -0.1) is 0 Å². The molecular weight excluding hydrogens is 314 g/mol. The number of hydrogen-bond acceptors (Lipinski definition) is 4. The van der Waals surface area contributed by atoms with Crippen LogP contribution in [0.1, 0.15) is 40.5 Å². The first-order chi connectivity index (χ1) is 11.8. The Balaban J connectivity index is 2.34. The first kappa shape index (κ1) is 18.7. The molecule has 4 heteroatoms. The van der Waals surface area contributed by atoms with Gasteiger partial charge in [-0.2, -0.15) is 0 Å². The van der Waals surface area contributed by atoms with Gasteiger partial charge in [0.25, 0.3) is 0 Å². The van der Waals surface area contributed by atoms with E-state index in [1.165, 1.54) is 5.57 Å². The van der Waals surface area contributed by atoms with E-state index in [0.717, 1.165) is 12.1 Å². The van der Waals surface area contributed by atoms with Crippen molar-refractivity contribution in [1.29, 1.82) is 0 Å². The largest absolute Gasteiger partial charge is 0.505 e. The van der Waals surface area contributed by atoms with Gasteiger partial charge in [-0.05, 0) is 51.7 Å². The Bertz CT molecular complexity index is 766. The third-order valence-electron chi connectivity index (χ3n) is 4.35. The molecule has 1 aliphatic carbocycles. The van der Waals surface area contributed by atoms with Gasteiger partial charge in [0, 0.05) is 11.3 Å². The minimum atomic E-state index is -0.599. The van der Waals surface area contributed by atoms with E-state index in [4.69, 9.17) is 0 Å². The van der Waals surface area contributed by atoms with Crippen molar-refractivity contribution in [3.8, 4) is 0 Å². The van der Waals surface area contributed by atoms with Gasteiger partial charge in [-0.1, -0.05) is 36.8 Å². The second-order valence-electron chi connectivity index (χ2n) is 6.67. The highest BCUT2D eigenvalue weighted by atomic mass is 16.3. The van der Waals surface area contributed by atoms with Crippen molar-refractivity contribution in [1.82, 2.24) is 0 Å². The number of Topliss-reactive ketones (excluding diaryl/α,β-unsaturated/α-hetero) is 2. The molecular formula is C21H25NO3. The average Bonchev–Trinajstić information content (AvgIpc) is 2.57. The first-order valence-corrected chi connectivity index (χ1v) is 8.51. The summed E-state index contributed by atoms with van der Waals surface area (Å²) in [6.45, 7) is 7.47. The lowest BCUT2D eigenvalue weighted by atomic mass is 9.83. The Labute approximate surface area is 148 Å². The van der Waals surface area contributed by atoms with Crippen LogP contribution in [-0.4, -0.2) is 16.7 Å². The quantitative estimate of drug-likeness (QED) is 0.447. The van der Waals surface area contributed by atoms with Crippen LogP contribution in [0, 0.1) is 5.92 Å². The number of anilines is 1. The zero-order chi connectivity index (χ0) is 18.6. The van der Waals surface area contributed by atoms with Crippen LogP contribution in [0.3, 0.4) is 0 Å². The van der Waals surface area contributed by atoms with E-state index in [-0.39, 0.29) is 22.8 Å². The maximum absolute atomic E-state index is 12.4. The fraction of sp³-hybridized carbons (Fsp3) is 0.333. The topological polar surface area (TPSA) is 66.4 Å². The van der Waals surface area contributed by atoms with Crippen LogP contribution in [0.15, 0.2) is 64.6 Å². The third kappa shape index (κ3) is 4.27. The van der Waals surface area contributed by atoms with E-state index >= 15 is 0 Å². The van der Waals surface area contributed by atoms with Gasteiger partial charge in [0.2, 0.25) is 11.6 Å². The SMILES string of the molecule is CC(C)=CCCC(C)C1=C(O)C(Nc2ccccc2)=C(C)C(=O)C1=O. The maximum atomic E-state index is 12.4. The molecule has 1 unspecified atom stereocenters. The second-order valence-corrected chi connectivity index (χ2v) is 6.67. The van der Waals surface area contributed by atoms with Crippen LogP contribution in [-0.2, 0) is 9.59 Å². The van der Waals surface area contributed by atoms with Crippen molar-refractivity contribution in [3.05, 3.63) is 64.6 Å². The summed E-state index contributed by atoms with van der Waals surface area (Å²) in [7, 11) is 0. The summed E-state index contributed by atoms with van der Waals surface area (Å²) in [5.41, 5.74) is 2.73. The molecule has 0 saturated heterocycles.